The molecular formula is C3H8NO4S2-. The monoisotopic (exact) mass is 186 g/mol. The standard InChI is InChI=1S/C3H8NO4S2/c1-9(5,6)3-4-10(2,7)8/h3H2,1-2H3/q-1. The Bertz CT molecular complexity index is 254. The van der Waals surface area contributed by atoms with Crippen molar-refractivity contribution >= 4 is 19.9 Å². The van der Waals surface area contributed by atoms with Crippen molar-refractivity contribution in [2.45, 2.75) is 0 Å². The van der Waals surface area contributed by atoms with E-state index in [-0.39, 0.29) is 0 Å². The first-order chi connectivity index (χ1) is 4.21. The third-order valence-electron chi connectivity index (χ3n) is 0.522. The molecule has 0 aliphatic heterocycles. The molecule has 0 saturated carbocycles. The Morgan fingerprint density at radius 1 is 1.10 bits per heavy atom. The van der Waals surface area contributed by atoms with Gasteiger partial charge in [-0.15, -0.1) is 0 Å². The van der Waals surface area contributed by atoms with E-state index >= 15 is 0 Å². The number of sulfonamides is 1. The van der Waals surface area contributed by atoms with Crippen LogP contribution in [-0.4, -0.2) is 35.2 Å². The topological polar surface area (TPSA) is 82.4 Å². The van der Waals surface area contributed by atoms with Gasteiger partial charge in [0.25, 0.3) is 0 Å². The summed E-state index contributed by atoms with van der Waals surface area (Å²) in [6.45, 7) is 0. The van der Waals surface area contributed by atoms with Gasteiger partial charge >= 0.3 is 0 Å². The molecule has 0 unspecified atom stereocenters. The molecule has 0 N–H and O–H groups in total. The predicted molar refractivity (Wildman–Crippen MR) is 37.9 cm³/mol. The van der Waals surface area contributed by atoms with E-state index in [0.29, 0.717) is 0 Å². The summed E-state index contributed by atoms with van der Waals surface area (Å²) in [6.07, 6.45) is 1.76. The average Bonchev–Trinajstić information content (AvgIpc) is 1.57. The van der Waals surface area contributed by atoms with Gasteiger partial charge in [-0.2, -0.15) is 0 Å². The molecule has 0 saturated heterocycles. The fourth-order valence-electron chi connectivity index (χ4n) is 0.191. The van der Waals surface area contributed by atoms with E-state index in [1.807, 2.05) is 0 Å². The molecule has 0 aromatic rings. The normalized spacial score (nSPS) is 13.4. The molecule has 0 rings (SSSR count). The van der Waals surface area contributed by atoms with Gasteiger partial charge in [-0.1, -0.05) is 0 Å². The lowest BCUT2D eigenvalue weighted by Crippen LogP contribution is -2.06. The minimum atomic E-state index is -3.51. The molecule has 0 heterocycles. The Morgan fingerprint density at radius 3 is 1.60 bits per heavy atom. The summed E-state index contributed by atoms with van der Waals surface area (Å²) in [4.78, 5) is 0. The van der Waals surface area contributed by atoms with Crippen molar-refractivity contribution in [2.75, 3.05) is 18.4 Å². The van der Waals surface area contributed by atoms with E-state index in [1.54, 1.807) is 0 Å². The summed E-state index contributed by atoms with van der Waals surface area (Å²) >= 11 is 0. The number of sulfone groups is 1. The van der Waals surface area contributed by atoms with Crippen LogP contribution in [0.4, 0.5) is 0 Å². The van der Waals surface area contributed by atoms with Crippen LogP contribution in [-0.2, 0) is 19.9 Å². The van der Waals surface area contributed by atoms with Crippen LogP contribution in [0.2, 0.25) is 0 Å². The van der Waals surface area contributed by atoms with E-state index in [0.717, 1.165) is 12.5 Å². The van der Waals surface area contributed by atoms with E-state index in [2.05, 4.69) is 4.72 Å². The van der Waals surface area contributed by atoms with Gasteiger partial charge in [0.15, 0.2) is 0 Å². The van der Waals surface area contributed by atoms with Crippen molar-refractivity contribution < 1.29 is 16.8 Å². The second-order valence-electron chi connectivity index (χ2n) is 1.92. The van der Waals surface area contributed by atoms with Crippen LogP contribution in [0.25, 0.3) is 4.72 Å². The molecule has 0 atom stereocenters. The zero-order valence-corrected chi connectivity index (χ0v) is 7.24. The van der Waals surface area contributed by atoms with Crippen LogP contribution in [0.15, 0.2) is 0 Å². The first-order valence-electron chi connectivity index (χ1n) is 2.27. The second kappa shape index (κ2) is 2.85. The van der Waals surface area contributed by atoms with Gasteiger partial charge in [0.05, 0.1) is 10.0 Å². The zero-order chi connectivity index (χ0) is 8.41. The lowest BCUT2D eigenvalue weighted by atomic mass is 11.5. The molecule has 5 nitrogen and oxygen atoms in total. The van der Waals surface area contributed by atoms with Gasteiger partial charge in [0.2, 0.25) is 0 Å². The van der Waals surface area contributed by atoms with Crippen LogP contribution in [0.1, 0.15) is 0 Å². The predicted octanol–water partition coefficient (Wildman–Crippen LogP) is -0.678. The first-order valence-corrected chi connectivity index (χ1v) is 6.18. The lowest BCUT2D eigenvalue weighted by molar-refractivity contribution is 0.598. The quantitative estimate of drug-likeness (QED) is 0.584. The highest BCUT2D eigenvalue weighted by Crippen LogP contribution is 1.99. The minimum Gasteiger partial charge on any atom is -0.536 e. The Balaban J connectivity index is 4.05. The van der Waals surface area contributed by atoms with Gasteiger partial charge in [-0.3, -0.25) is 0 Å². The maximum atomic E-state index is 10.3. The zero-order valence-electron chi connectivity index (χ0n) is 5.60. The third kappa shape index (κ3) is 7.86. The fraction of sp³-hybridized carbons (Fsp3) is 1.00. The summed E-state index contributed by atoms with van der Waals surface area (Å²) in [5.74, 6) is -0.661. The number of hydrogen-bond acceptors (Lipinski definition) is 4. The molecule has 0 fully saturated rings. The maximum Gasteiger partial charge on any atom is 0.129 e. The highest BCUT2D eigenvalue weighted by Gasteiger charge is 1.94. The van der Waals surface area contributed by atoms with Crippen molar-refractivity contribution in [1.82, 2.24) is 0 Å². The smallest absolute Gasteiger partial charge is 0.129 e. The first kappa shape index (κ1) is 9.86. The Morgan fingerprint density at radius 2 is 1.50 bits per heavy atom. The second-order valence-corrected chi connectivity index (χ2v) is 5.75. The van der Waals surface area contributed by atoms with Gasteiger partial charge in [-0.25, -0.2) is 16.8 Å². The Kier molecular flexibility index (Phi) is 2.81. The van der Waals surface area contributed by atoms with Crippen molar-refractivity contribution in [1.29, 1.82) is 0 Å². The largest absolute Gasteiger partial charge is 0.536 e. The molecule has 0 aliphatic rings. The van der Waals surface area contributed by atoms with Crippen molar-refractivity contribution in [2.24, 2.45) is 0 Å². The van der Waals surface area contributed by atoms with E-state index in [1.165, 1.54) is 0 Å². The van der Waals surface area contributed by atoms with Crippen LogP contribution in [0.5, 0.6) is 0 Å². The molecule has 10 heavy (non-hydrogen) atoms. The van der Waals surface area contributed by atoms with E-state index < -0.39 is 25.7 Å². The van der Waals surface area contributed by atoms with Crippen LogP contribution in [0, 0.1) is 0 Å². The van der Waals surface area contributed by atoms with Crippen LogP contribution in [0.3, 0.4) is 0 Å². The maximum absolute atomic E-state index is 10.3. The molecule has 0 radical (unpaired) electrons. The van der Waals surface area contributed by atoms with Gasteiger partial charge in [-0.05, 0) is 5.88 Å². The Hall–Kier alpha value is -0.140. The number of nitrogens with zero attached hydrogens (tertiary/aromatic N) is 1. The van der Waals surface area contributed by atoms with Gasteiger partial charge in [0, 0.05) is 12.5 Å². The molecule has 0 aliphatic carbocycles. The van der Waals surface area contributed by atoms with E-state index in [9.17, 15) is 16.8 Å². The molecule has 0 spiro atoms. The Labute approximate surface area is 60.4 Å². The van der Waals surface area contributed by atoms with Gasteiger partial charge in [0.1, 0.15) is 9.84 Å². The molecule has 0 amide bonds. The fourth-order valence-corrected chi connectivity index (χ4v) is 1.72. The number of hydrogen-bond donors (Lipinski definition) is 0. The van der Waals surface area contributed by atoms with E-state index in [4.69, 9.17) is 0 Å². The summed E-state index contributed by atoms with van der Waals surface area (Å²) in [5.41, 5.74) is 0. The summed E-state index contributed by atoms with van der Waals surface area (Å²) in [7, 11) is -6.81. The molecule has 7 heteroatoms. The summed E-state index contributed by atoms with van der Waals surface area (Å²) in [5, 5.41) is 0. The average molecular weight is 186 g/mol. The van der Waals surface area contributed by atoms with Crippen LogP contribution < -0.4 is 0 Å². The summed E-state index contributed by atoms with van der Waals surface area (Å²) in [6, 6.07) is 0. The summed E-state index contributed by atoms with van der Waals surface area (Å²) < 4.78 is 44.0. The highest BCUT2D eigenvalue weighted by atomic mass is 32.2. The van der Waals surface area contributed by atoms with Crippen LogP contribution >= 0.6 is 0 Å². The lowest BCUT2D eigenvalue weighted by Gasteiger charge is -2.13. The minimum absolute atomic E-state index is 0.661. The van der Waals surface area contributed by atoms with Crippen molar-refractivity contribution in [3.63, 3.8) is 0 Å². The highest BCUT2D eigenvalue weighted by molar-refractivity contribution is 7.96. The van der Waals surface area contributed by atoms with Gasteiger partial charge < -0.3 is 4.72 Å². The SMILES string of the molecule is CS(=O)(=O)C[N-]S(C)(=O)=O. The molecule has 62 valence electrons. The third-order valence-corrected chi connectivity index (χ3v) is 1.88. The van der Waals surface area contributed by atoms with Crippen molar-refractivity contribution in [3.05, 3.63) is 4.72 Å². The molecule has 0 aromatic carbocycles. The molecular weight excluding hydrogens is 178 g/mol. The van der Waals surface area contributed by atoms with Crippen molar-refractivity contribution in [3.8, 4) is 0 Å². The molecule has 0 bridgehead atoms. The number of rotatable bonds is 3. The molecule has 0 aromatic heterocycles.